The number of alkyl halides is 2. The Morgan fingerprint density at radius 3 is 1.07 bits per heavy atom. The number of pyridine rings is 1. The van der Waals surface area contributed by atoms with Crippen molar-refractivity contribution >= 4 is 80.8 Å². The average Bonchev–Trinajstić information content (AvgIpc) is 2.98. The molecule has 0 atom stereocenters. The van der Waals surface area contributed by atoms with Crippen LogP contribution in [0.5, 0.6) is 0 Å². The quantitative estimate of drug-likeness (QED) is 0.131. The number of aliphatic imine (C=N–C) groups is 2. The minimum atomic E-state index is 0. The van der Waals surface area contributed by atoms with E-state index in [2.05, 4.69) is 136 Å². The van der Waals surface area contributed by atoms with E-state index < -0.39 is 0 Å². The van der Waals surface area contributed by atoms with Crippen molar-refractivity contribution in [2.24, 2.45) is 9.98 Å². The zero-order valence-electron chi connectivity index (χ0n) is 28.4. The van der Waals surface area contributed by atoms with Crippen LogP contribution in [0.1, 0.15) is 127 Å². The fourth-order valence-electron chi connectivity index (χ4n) is 4.57. The second kappa shape index (κ2) is 24.7. The number of hydrogen-bond acceptors (Lipinski definition) is 5. The van der Waals surface area contributed by atoms with Crippen LogP contribution in [-0.2, 0) is 16.8 Å². The van der Waals surface area contributed by atoms with Gasteiger partial charge >= 0.3 is 16.8 Å². The van der Waals surface area contributed by atoms with Crippen molar-refractivity contribution in [1.29, 1.82) is 0 Å². The maximum atomic E-state index is 7.13. The summed E-state index contributed by atoms with van der Waals surface area (Å²) in [5.41, 5.74) is 10.9. The first-order valence-electron chi connectivity index (χ1n) is 14.7. The maximum Gasteiger partial charge on any atom is 2.00 e. The van der Waals surface area contributed by atoms with Gasteiger partial charge in [-0.15, -0.1) is 23.2 Å². The molecule has 1 radical (unpaired) electrons. The molecule has 0 aliphatic heterocycles. The molecule has 0 bridgehead atoms. The van der Waals surface area contributed by atoms with Crippen LogP contribution in [0.4, 0.5) is 11.4 Å². The molecule has 0 aliphatic rings. The van der Waals surface area contributed by atoms with Gasteiger partial charge in [0.1, 0.15) is 0 Å². The van der Waals surface area contributed by atoms with Crippen LogP contribution in [0.2, 0.25) is 0 Å². The summed E-state index contributed by atoms with van der Waals surface area (Å²) in [6.07, 6.45) is 0. The van der Waals surface area contributed by atoms with Crippen LogP contribution in [0.25, 0.3) is 10.8 Å². The minimum absolute atomic E-state index is 0. The zero-order chi connectivity index (χ0) is 34.7. The van der Waals surface area contributed by atoms with Gasteiger partial charge in [0, 0.05) is 0 Å². The van der Waals surface area contributed by atoms with Gasteiger partial charge in [-0.1, -0.05) is 122 Å². The fraction of sp³-hybridized carbons (Fsp3) is 0.417. The third kappa shape index (κ3) is 15.0. The Morgan fingerprint density at radius 2 is 0.848 bits per heavy atom. The first-order valence-corrected chi connectivity index (χ1v) is 16.6. The number of rotatable bonds is 8. The predicted octanol–water partition coefficient (Wildman–Crippen LogP) is 12.6. The van der Waals surface area contributed by atoms with Crippen LogP contribution in [-0.4, -0.2) is 32.1 Å². The molecule has 46 heavy (non-hydrogen) atoms. The molecule has 3 rings (SSSR count). The van der Waals surface area contributed by atoms with Crippen LogP contribution in [0.15, 0.2) is 64.6 Å². The molecule has 5 nitrogen and oxygen atoms in total. The summed E-state index contributed by atoms with van der Waals surface area (Å²) >= 11 is 16.9. The summed E-state index contributed by atoms with van der Waals surface area (Å²) in [6, 6.07) is 19.2. The Balaban J connectivity index is 0. The maximum absolute atomic E-state index is 7.13. The Labute approximate surface area is 308 Å². The van der Waals surface area contributed by atoms with Crippen molar-refractivity contribution < 1.29 is 16.8 Å². The summed E-state index contributed by atoms with van der Waals surface area (Å²) in [4.78, 5) is 15.3. The van der Waals surface area contributed by atoms with Gasteiger partial charge in [-0.2, -0.15) is 10.3 Å². The van der Waals surface area contributed by atoms with Gasteiger partial charge in [0.05, 0.1) is 39.5 Å². The third-order valence-corrected chi connectivity index (χ3v) is 6.73. The molecule has 0 amide bonds. The molecule has 0 N–H and O–H groups in total. The topological polar surface area (TPSA) is 82.2 Å². The molecule has 0 spiro atoms. The second-order valence-electron chi connectivity index (χ2n) is 11.3. The molecule has 10 heteroatoms. The van der Waals surface area contributed by atoms with Crippen LogP contribution in [0, 0.1) is 0 Å². The number of para-hydroxylation sites is 2. The van der Waals surface area contributed by atoms with E-state index in [0.29, 0.717) is 23.7 Å². The van der Waals surface area contributed by atoms with Gasteiger partial charge in [-0.25, -0.2) is 4.98 Å². The summed E-state index contributed by atoms with van der Waals surface area (Å²) < 4.78 is 0. The van der Waals surface area contributed by atoms with E-state index in [4.69, 9.17) is 49.0 Å². The van der Waals surface area contributed by atoms with E-state index in [1.165, 1.54) is 32.6 Å². The number of isothiocyanates is 2. The van der Waals surface area contributed by atoms with Crippen LogP contribution >= 0.6 is 47.6 Å². The standard InChI is InChI=1S/C33H43N3.CH2Cl2.2CNS.Co/c1-20(2)26-14-11-15-27(21(3)4)32(26)34-24(9)30-18-13-19-31(36-30)25(10)35-33-28(22(5)6)16-12-17-29(33)23(7)8;3*2-1-3;/h11-23H,1-10H3;1H2;;;/q;;2*-1;+2. The smallest absolute Gasteiger partial charge is 0.753 e. The summed E-state index contributed by atoms with van der Waals surface area (Å²) in [7, 11) is 0. The van der Waals surface area contributed by atoms with E-state index in [9.17, 15) is 0 Å². The number of hydrogen-bond donors (Lipinski definition) is 0. The first-order chi connectivity index (χ1) is 21.2. The Bertz CT molecular complexity index is 1330. The first kappa shape index (κ1) is 45.7. The summed E-state index contributed by atoms with van der Waals surface area (Å²) in [5, 5.41) is 17.1. The van der Waals surface area contributed by atoms with Gasteiger partial charge in [0.2, 0.25) is 0 Å². The normalized spacial score (nSPS) is 10.9. The molecular weight excluding hydrogens is 696 g/mol. The SMILES string of the molecule is CC(=Nc1c(C(C)C)cccc1C(C)C)c1cccc(C(C)=Nc2c(C(C)C)cccc2C(C)C)n1.ClCCl.[Co+2].[N-]=C=S.[N-]=C=S. The molecule has 3 aromatic rings. The Kier molecular flexibility index (Phi) is 24.6. The van der Waals surface area contributed by atoms with Crippen molar-refractivity contribution in [3.8, 4) is 0 Å². The number of nitrogens with zero attached hydrogens (tertiary/aromatic N) is 5. The Morgan fingerprint density at radius 1 is 0.630 bits per heavy atom. The molecule has 0 aliphatic carbocycles. The molecule has 0 saturated carbocycles. The Hall–Kier alpha value is -2.38. The number of benzene rings is 2. The van der Waals surface area contributed by atoms with E-state index >= 15 is 0 Å². The molecule has 1 aromatic heterocycles. The van der Waals surface area contributed by atoms with Crippen molar-refractivity contribution in [3.63, 3.8) is 0 Å². The van der Waals surface area contributed by atoms with Crippen molar-refractivity contribution in [3.05, 3.63) is 99.1 Å². The van der Waals surface area contributed by atoms with E-state index in [1.807, 2.05) is 12.1 Å². The number of thiocarbonyl (C=S) groups is 2. The molecular formula is C36H45Cl2CoN5S2. The average molecular weight is 742 g/mol. The minimum Gasteiger partial charge on any atom is -0.753 e. The third-order valence-electron chi connectivity index (χ3n) is 6.73. The van der Waals surface area contributed by atoms with Gasteiger partial charge in [0.25, 0.3) is 0 Å². The number of aromatic nitrogens is 1. The van der Waals surface area contributed by atoms with Gasteiger partial charge in [0.15, 0.2) is 0 Å². The van der Waals surface area contributed by atoms with E-state index in [0.717, 1.165) is 34.2 Å². The van der Waals surface area contributed by atoms with Gasteiger partial charge in [-0.3, -0.25) is 9.98 Å². The zero-order valence-corrected chi connectivity index (χ0v) is 32.5. The van der Waals surface area contributed by atoms with Crippen molar-refractivity contribution in [1.82, 2.24) is 4.98 Å². The predicted molar refractivity (Wildman–Crippen MR) is 206 cm³/mol. The molecule has 2 aromatic carbocycles. The summed E-state index contributed by atoms with van der Waals surface area (Å²) in [5.74, 6) is 1.61. The van der Waals surface area contributed by atoms with Gasteiger partial charge in [-0.05, 0) is 71.9 Å². The summed E-state index contributed by atoms with van der Waals surface area (Å²) in [6.45, 7) is 22.0. The van der Waals surface area contributed by atoms with E-state index in [1.54, 1.807) is 0 Å². The van der Waals surface area contributed by atoms with Crippen molar-refractivity contribution in [2.75, 3.05) is 5.34 Å². The largest absolute Gasteiger partial charge is 2.00 e. The number of halogens is 2. The van der Waals surface area contributed by atoms with E-state index in [-0.39, 0.29) is 22.1 Å². The van der Waals surface area contributed by atoms with Crippen LogP contribution < -0.4 is 0 Å². The molecule has 249 valence electrons. The van der Waals surface area contributed by atoms with Crippen molar-refractivity contribution in [2.45, 2.75) is 92.9 Å². The molecule has 0 saturated heterocycles. The molecule has 0 unspecified atom stereocenters. The second-order valence-corrected chi connectivity index (χ2v) is 12.4. The monoisotopic (exact) mass is 740 g/mol. The van der Waals surface area contributed by atoms with Crippen LogP contribution in [0.3, 0.4) is 0 Å². The van der Waals surface area contributed by atoms with Gasteiger partial charge < -0.3 is 10.8 Å². The fourth-order valence-corrected chi connectivity index (χ4v) is 4.57. The molecule has 0 fully saturated rings. The molecule has 1 heterocycles.